The predicted octanol–water partition coefficient (Wildman–Crippen LogP) is 9.25. The van der Waals surface area contributed by atoms with Gasteiger partial charge in [-0.05, 0) is 64.5 Å². The highest BCUT2D eigenvalue weighted by Crippen LogP contribution is 2.55. The van der Waals surface area contributed by atoms with E-state index < -0.39 is 5.92 Å². The average Bonchev–Trinajstić information content (AvgIpc) is 2.99. The molecular formula is C41H47NO4. The highest BCUT2D eigenvalue weighted by Gasteiger charge is 2.49. The average molecular weight is 618 g/mol. The Morgan fingerprint density at radius 3 is 2.11 bits per heavy atom. The molecule has 0 N–H and O–H groups in total. The van der Waals surface area contributed by atoms with Gasteiger partial charge in [0.15, 0.2) is 23.1 Å². The minimum Gasteiger partial charge on any atom is -0.493 e. The second-order valence-electron chi connectivity index (χ2n) is 14.8. The fourth-order valence-electron chi connectivity index (χ4n) is 7.92. The first kappa shape index (κ1) is 31.8. The summed E-state index contributed by atoms with van der Waals surface area (Å²) in [6.07, 6.45) is 5.90. The van der Waals surface area contributed by atoms with Crippen molar-refractivity contribution in [2.75, 3.05) is 13.7 Å². The molecule has 3 aliphatic rings. The molecule has 1 aliphatic heterocycles. The smallest absolute Gasteiger partial charge is 0.165 e. The Hall–Kier alpha value is -4.12. The van der Waals surface area contributed by atoms with Gasteiger partial charge in [0.25, 0.3) is 0 Å². The number of ether oxygens (including phenoxy) is 2. The van der Waals surface area contributed by atoms with Crippen molar-refractivity contribution >= 4 is 22.3 Å². The number of allylic oxidation sites excluding steroid dienone is 5. The molecule has 5 nitrogen and oxygen atoms in total. The molecule has 3 aromatic carbocycles. The lowest BCUT2D eigenvalue weighted by atomic mass is 9.63. The van der Waals surface area contributed by atoms with Gasteiger partial charge < -0.3 is 14.4 Å². The summed E-state index contributed by atoms with van der Waals surface area (Å²) in [7, 11) is 1.66. The third-order valence-electron chi connectivity index (χ3n) is 9.79. The number of nitrogens with zero attached hydrogens (tertiary/aromatic N) is 1. The van der Waals surface area contributed by atoms with E-state index in [0.29, 0.717) is 37.4 Å². The third kappa shape index (κ3) is 5.81. The van der Waals surface area contributed by atoms with Crippen molar-refractivity contribution in [3.05, 3.63) is 106 Å². The molecule has 6 rings (SSSR count). The van der Waals surface area contributed by atoms with Gasteiger partial charge in [-0.3, -0.25) is 9.59 Å². The fraction of sp³-hybridized carbons (Fsp3) is 0.415. The van der Waals surface area contributed by atoms with E-state index in [2.05, 4.69) is 82.5 Å². The quantitative estimate of drug-likeness (QED) is 0.224. The Labute approximate surface area is 274 Å². The van der Waals surface area contributed by atoms with E-state index in [1.807, 2.05) is 24.3 Å². The van der Waals surface area contributed by atoms with E-state index in [4.69, 9.17) is 9.47 Å². The van der Waals surface area contributed by atoms with Crippen LogP contribution >= 0.6 is 0 Å². The summed E-state index contributed by atoms with van der Waals surface area (Å²) in [6.45, 7) is 16.1. The van der Waals surface area contributed by atoms with Crippen molar-refractivity contribution in [2.45, 2.75) is 85.7 Å². The Morgan fingerprint density at radius 1 is 0.870 bits per heavy atom. The topological polar surface area (TPSA) is 55.8 Å². The number of hydrogen-bond acceptors (Lipinski definition) is 5. The molecule has 3 aromatic rings. The summed E-state index contributed by atoms with van der Waals surface area (Å²) < 4.78 is 12.6. The Bertz CT molecular complexity index is 1730. The summed E-state index contributed by atoms with van der Waals surface area (Å²) in [5.41, 5.74) is 6.39. The van der Waals surface area contributed by atoms with Crippen molar-refractivity contribution in [2.24, 2.45) is 10.8 Å². The monoisotopic (exact) mass is 617 g/mol. The molecule has 0 radical (unpaired) electrons. The maximum atomic E-state index is 14.2. The summed E-state index contributed by atoms with van der Waals surface area (Å²) >= 11 is 0. The lowest BCUT2D eigenvalue weighted by Gasteiger charge is -2.49. The predicted molar refractivity (Wildman–Crippen MR) is 185 cm³/mol. The zero-order valence-electron chi connectivity index (χ0n) is 28.3. The minimum atomic E-state index is -0.435. The van der Waals surface area contributed by atoms with Crippen LogP contribution in [0.5, 0.6) is 11.5 Å². The van der Waals surface area contributed by atoms with E-state index >= 15 is 0 Å². The Kier molecular flexibility index (Phi) is 8.47. The second-order valence-corrected chi connectivity index (χ2v) is 14.8. The standard InChI is InChI=1S/C41H47NO4/c1-8-13-27-19-29(20-35(45-7)39(27)46-25-28-16-12-15-26-14-10-11-17-30(26)28)36-37-31(21-40(3,4)23-33(37)43)42(18-9-2)32-22-41(5,6)24-34(44)38(32)36/h8,10-12,14-17,19-20,36H,1,9,13,18,21-25H2,2-7H3. The van der Waals surface area contributed by atoms with Crippen LogP contribution in [0.25, 0.3) is 10.8 Å². The van der Waals surface area contributed by atoms with Crippen LogP contribution in [0.4, 0.5) is 0 Å². The molecule has 0 fully saturated rings. The van der Waals surface area contributed by atoms with Crippen molar-refractivity contribution in [1.82, 2.24) is 4.90 Å². The van der Waals surface area contributed by atoms with Crippen LogP contribution in [-0.4, -0.2) is 30.1 Å². The van der Waals surface area contributed by atoms with Crippen LogP contribution in [0.15, 0.2) is 89.8 Å². The van der Waals surface area contributed by atoms with Gasteiger partial charge in [-0.15, -0.1) is 6.58 Å². The number of carbonyl (C=O) groups is 2. The number of hydrogen-bond donors (Lipinski definition) is 0. The van der Waals surface area contributed by atoms with Crippen LogP contribution in [0.1, 0.15) is 89.3 Å². The molecule has 0 saturated carbocycles. The molecule has 0 spiro atoms. The van der Waals surface area contributed by atoms with E-state index in [-0.39, 0.29) is 22.4 Å². The molecule has 0 saturated heterocycles. The molecule has 2 aliphatic carbocycles. The summed E-state index contributed by atoms with van der Waals surface area (Å²) in [4.78, 5) is 30.7. The first-order valence-corrected chi connectivity index (χ1v) is 16.7. The lowest BCUT2D eigenvalue weighted by Crippen LogP contribution is -2.44. The summed E-state index contributed by atoms with van der Waals surface area (Å²) in [5.74, 6) is 1.11. The number of Topliss-reactive ketones (excluding diaryl/α,β-unsaturated/α-hetero) is 2. The molecule has 1 heterocycles. The number of ketones is 2. The maximum absolute atomic E-state index is 14.2. The van der Waals surface area contributed by atoms with Crippen LogP contribution in [0.2, 0.25) is 0 Å². The molecule has 0 bridgehead atoms. The second kappa shape index (κ2) is 12.2. The van der Waals surface area contributed by atoms with E-state index in [1.54, 1.807) is 7.11 Å². The lowest BCUT2D eigenvalue weighted by molar-refractivity contribution is -0.119. The number of carbonyl (C=O) groups excluding carboxylic acids is 2. The molecular weight excluding hydrogens is 570 g/mol. The van der Waals surface area contributed by atoms with E-state index in [9.17, 15) is 9.59 Å². The molecule has 0 aromatic heterocycles. The van der Waals surface area contributed by atoms with Crippen molar-refractivity contribution in [3.63, 3.8) is 0 Å². The number of methoxy groups -OCH3 is 1. The zero-order chi connectivity index (χ0) is 32.8. The van der Waals surface area contributed by atoms with Crippen LogP contribution in [0, 0.1) is 10.8 Å². The highest BCUT2D eigenvalue weighted by molar-refractivity contribution is 6.07. The van der Waals surface area contributed by atoms with Gasteiger partial charge in [0, 0.05) is 53.4 Å². The molecule has 5 heteroatoms. The van der Waals surface area contributed by atoms with Gasteiger partial charge in [0.05, 0.1) is 7.11 Å². The third-order valence-corrected chi connectivity index (χ3v) is 9.79. The summed E-state index contributed by atoms with van der Waals surface area (Å²) in [6, 6.07) is 18.7. The van der Waals surface area contributed by atoms with Gasteiger partial charge in [-0.1, -0.05) is 89.2 Å². The van der Waals surface area contributed by atoms with Crippen LogP contribution in [-0.2, 0) is 22.6 Å². The SMILES string of the molecule is C=CCc1cc(C2C3=C(CC(C)(C)CC3=O)N(CCC)C3=C2C(=O)CC(C)(C)C3)cc(OC)c1OCc1cccc2ccccc12. The van der Waals surface area contributed by atoms with Gasteiger partial charge in [-0.25, -0.2) is 0 Å². The minimum absolute atomic E-state index is 0.141. The van der Waals surface area contributed by atoms with Crippen molar-refractivity contribution < 1.29 is 19.1 Å². The zero-order valence-corrected chi connectivity index (χ0v) is 28.3. The fourth-order valence-corrected chi connectivity index (χ4v) is 7.92. The first-order chi connectivity index (χ1) is 22.0. The number of benzene rings is 3. The van der Waals surface area contributed by atoms with Crippen molar-refractivity contribution in [1.29, 1.82) is 0 Å². The van der Waals surface area contributed by atoms with Gasteiger partial charge in [-0.2, -0.15) is 0 Å². The van der Waals surface area contributed by atoms with Crippen LogP contribution < -0.4 is 9.47 Å². The van der Waals surface area contributed by atoms with Crippen LogP contribution in [0.3, 0.4) is 0 Å². The van der Waals surface area contributed by atoms with Crippen molar-refractivity contribution in [3.8, 4) is 11.5 Å². The van der Waals surface area contributed by atoms with Gasteiger partial charge in [0.1, 0.15) is 6.61 Å². The molecule has 0 unspecified atom stereocenters. The first-order valence-electron chi connectivity index (χ1n) is 16.7. The van der Waals surface area contributed by atoms with E-state index in [1.165, 1.54) is 5.39 Å². The Morgan fingerprint density at radius 2 is 1.50 bits per heavy atom. The maximum Gasteiger partial charge on any atom is 0.165 e. The molecule has 46 heavy (non-hydrogen) atoms. The summed E-state index contributed by atoms with van der Waals surface area (Å²) in [5, 5.41) is 2.32. The molecule has 0 atom stereocenters. The largest absolute Gasteiger partial charge is 0.493 e. The Balaban J connectivity index is 1.51. The normalized spacial score (nSPS) is 19.3. The number of rotatable bonds is 9. The van der Waals surface area contributed by atoms with Gasteiger partial charge >= 0.3 is 0 Å². The molecule has 240 valence electrons. The molecule has 0 amide bonds. The number of fused-ring (bicyclic) bond motifs is 1. The van der Waals surface area contributed by atoms with E-state index in [0.717, 1.165) is 70.4 Å². The van der Waals surface area contributed by atoms with Gasteiger partial charge in [0.2, 0.25) is 0 Å². The highest BCUT2D eigenvalue weighted by atomic mass is 16.5.